The Kier molecular flexibility index (Phi) is 2.33. The third kappa shape index (κ3) is 1.68. The smallest absolute Gasteiger partial charge is 0.178 e. The molecule has 84 valence electrons. The average molecular weight is 253 g/mol. The lowest BCUT2D eigenvalue weighted by Gasteiger charge is -2.02. The van der Waals surface area contributed by atoms with Gasteiger partial charge in [0.25, 0.3) is 0 Å². The van der Waals surface area contributed by atoms with Gasteiger partial charge in [0.05, 0.1) is 11.0 Å². The SMILES string of the molecule is CC1CC1Cn1c(=S)[nH]c2cc(Cl)ccc21. The minimum Gasteiger partial charge on any atom is -0.331 e. The third-order valence-corrected chi connectivity index (χ3v) is 3.99. The Morgan fingerprint density at radius 3 is 3.00 bits per heavy atom. The van der Waals surface area contributed by atoms with E-state index < -0.39 is 0 Å². The molecule has 1 heterocycles. The number of halogens is 1. The Balaban J connectivity index is 2.09. The fourth-order valence-electron chi connectivity index (χ4n) is 2.21. The molecule has 4 heteroatoms. The molecule has 2 unspecified atom stereocenters. The van der Waals surface area contributed by atoms with Gasteiger partial charge in [-0.15, -0.1) is 0 Å². The van der Waals surface area contributed by atoms with Gasteiger partial charge in [-0.3, -0.25) is 0 Å². The van der Waals surface area contributed by atoms with Crippen LogP contribution in [0.15, 0.2) is 18.2 Å². The van der Waals surface area contributed by atoms with Crippen LogP contribution < -0.4 is 0 Å². The fraction of sp³-hybridized carbons (Fsp3) is 0.417. The molecule has 0 aliphatic heterocycles. The molecular formula is C12H13ClN2S. The van der Waals surface area contributed by atoms with Crippen LogP contribution in [0.5, 0.6) is 0 Å². The molecule has 1 fully saturated rings. The highest BCUT2D eigenvalue weighted by Crippen LogP contribution is 2.39. The van der Waals surface area contributed by atoms with E-state index in [4.69, 9.17) is 23.8 Å². The molecule has 0 spiro atoms. The highest BCUT2D eigenvalue weighted by molar-refractivity contribution is 7.71. The lowest BCUT2D eigenvalue weighted by molar-refractivity contribution is 0.600. The van der Waals surface area contributed by atoms with Gasteiger partial charge in [-0.05, 0) is 48.7 Å². The summed E-state index contributed by atoms with van der Waals surface area (Å²) in [5.41, 5.74) is 2.19. The predicted molar refractivity (Wildman–Crippen MR) is 69.4 cm³/mol. The number of benzene rings is 1. The standard InChI is InChI=1S/C12H13ClN2S/c1-7-4-8(7)6-15-11-3-2-9(13)5-10(11)14-12(15)16/h2-3,5,7-8H,4,6H2,1H3,(H,14,16). The second-order valence-corrected chi connectivity index (χ2v) is 5.50. The number of fused-ring (bicyclic) bond motifs is 1. The van der Waals surface area contributed by atoms with Crippen molar-refractivity contribution >= 4 is 34.9 Å². The molecule has 1 aliphatic rings. The molecule has 16 heavy (non-hydrogen) atoms. The van der Waals surface area contributed by atoms with Crippen molar-refractivity contribution < 1.29 is 0 Å². The van der Waals surface area contributed by atoms with Gasteiger partial charge >= 0.3 is 0 Å². The highest BCUT2D eigenvalue weighted by atomic mass is 35.5. The van der Waals surface area contributed by atoms with Crippen LogP contribution in [-0.2, 0) is 6.54 Å². The maximum atomic E-state index is 5.96. The van der Waals surface area contributed by atoms with Gasteiger partial charge in [-0.25, -0.2) is 0 Å². The summed E-state index contributed by atoms with van der Waals surface area (Å²) in [6.07, 6.45) is 1.32. The van der Waals surface area contributed by atoms with E-state index >= 15 is 0 Å². The summed E-state index contributed by atoms with van der Waals surface area (Å²) in [6, 6.07) is 5.88. The Morgan fingerprint density at radius 1 is 1.56 bits per heavy atom. The lowest BCUT2D eigenvalue weighted by Crippen LogP contribution is -2.00. The van der Waals surface area contributed by atoms with Crippen LogP contribution in [0.1, 0.15) is 13.3 Å². The number of aromatic nitrogens is 2. The predicted octanol–water partition coefficient (Wildman–Crippen LogP) is 4.01. The number of nitrogens with zero attached hydrogens (tertiary/aromatic N) is 1. The minimum atomic E-state index is 0.746. The van der Waals surface area contributed by atoms with E-state index in [-0.39, 0.29) is 0 Å². The highest BCUT2D eigenvalue weighted by Gasteiger charge is 2.33. The molecule has 2 atom stereocenters. The Labute approximate surface area is 104 Å². The van der Waals surface area contributed by atoms with Crippen LogP contribution >= 0.6 is 23.8 Å². The number of imidazole rings is 1. The summed E-state index contributed by atoms with van der Waals surface area (Å²) in [4.78, 5) is 3.21. The molecule has 0 amide bonds. The summed E-state index contributed by atoms with van der Waals surface area (Å²) >= 11 is 11.3. The van der Waals surface area contributed by atoms with E-state index in [1.54, 1.807) is 0 Å². The number of aromatic amines is 1. The maximum Gasteiger partial charge on any atom is 0.178 e. The fourth-order valence-corrected chi connectivity index (χ4v) is 2.66. The zero-order valence-electron chi connectivity index (χ0n) is 9.03. The number of H-pyrrole nitrogens is 1. The summed E-state index contributed by atoms with van der Waals surface area (Å²) in [6.45, 7) is 3.32. The van der Waals surface area contributed by atoms with Crippen LogP contribution in [-0.4, -0.2) is 9.55 Å². The first-order valence-corrected chi connectivity index (χ1v) is 6.32. The molecule has 1 aromatic heterocycles. The van der Waals surface area contributed by atoms with Crippen molar-refractivity contribution in [1.29, 1.82) is 0 Å². The molecule has 1 saturated carbocycles. The summed E-state index contributed by atoms with van der Waals surface area (Å²) in [5.74, 6) is 1.64. The quantitative estimate of drug-likeness (QED) is 0.801. The van der Waals surface area contributed by atoms with Crippen LogP contribution in [0.2, 0.25) is 5.02 Å². The maximum absolute atomic E-state index is 5.96. The van der Waals surface area contributed by atoms with Crippen LogP contribution in [0.3, 0.4) is 0 Å². The van der Waals surface area contributed by atoms with Crippen LogP contribution in [0.4, 0.5) is 0 Å². The number of hydrogen-bond acceptors (Lipinski definition) is 1. The van der Waals surface area contributed by atoms with Crippen molar-refractivity contribution in [3.05, 3.63) is 28.0 Å². The van der Waals surface area contributed by atoms with E-state index in [1.165, 1.54) is 6.42 Å². The van der Waals surface area contributed by atoms with E-state index in [0.29, 0.717) is 0 Å². The van der Waals surface area contributed by atoms with E-state index in [2.05, 4.69) is 16.5 Å². The zero-order valence-corrected chi connectivity index (χ0v) is 10.6. The van der Waals surface area contributed by atoms with Crippen LogP contribution in [0, 0.1) is 16.6 Å². The van der Waals surface area contributed by atoms with Gasteiger partial charge < -0.3 is 9.55 Å². The topological polar surface area (TPSA) is 20.7 Å². The molecule has 0 saturated heterocycles. The third-order valence-electron chi connectivity index (χ3n) is 3.43. The molecule has 1 aliphatic carbocycles. The molecule has 1 aromatic carbocycles. The van der Waals surface area contributed by atoms with Gasteiger partial charge in [0, 0.05) is 11.6 Å². The van der Waals surface area contributed by atoms with Gasteiger partial charge in [0.15, 0.2) is 4.77 Å². The molecular weight excluding hydrogens is 240 g/mol. The normalized spacial score (nSPS) is 23.9. The average Bonchev–Trinajstić information content (AvgIpc) is 2.82. The van der Waals surface area contributed by atoms with Crippen molar-refractivity contribution in [3.8, 4) is 0 Å². The number of rotatable bonds is 2. The molecule has 0 radical (unpaired) electrons. The van der Waals surface area contributed by atoms with E-state index in [9.17, 15) is 0 Å². The summed E-state index contributed by atoms with van der Waals surface area (Å²) < 4.78 is 2.99. The van der Waals surface area contributed by atoms with Crippen molar-refractivity contribution in [2.24, 2.45) is 11.8 Å². The second kappa shape index (κ2) is 3.60. The first-order chi connectivity index (χ1) is 7.65. The molecule has 0 bridgehead atoms. The van der Waals surface area contributed by atoms with Crippen molar-refractivity contribution in [3.63, 3.8) is 0 Å². The Hall–Kier alpha value is -0.800. The summed E-state index contributed by atoms with van der Waals surface area (Å²) in [7, 11) is 0. The molecule has 3 rings (SSSR count). The Bertz CT molecular complexity index is 599. The second-order valence-electron chi connectivity index (χ2n) is 4.68. The molecule has 2 nitrogen and oxygen atoms in total. The van der Waals surface area contributed by atoms with Crippen molar-refractivity contribution in [2.45, 2.75) is 19.9 Å². The largest absolute Gasteiger partial charge is 0.331 e. The number of hydrogen-bond donors (Lipinski definition) is 1. The minimum absolute atomic E-state index is 0.746. The molecule has 2 aromatic rings. The van der Waals surface area contributed by atoms with Gasteiger partial charge in [-0.1, -0.05) is 18.5 Å². The first kappa shape index (κ1) is 10.4. The van der Waals surface area contributed by atoms with Gasteiger partial charge in [0.1, 0.15) is 0 Å². The van der Waals surface area contributed by atoms with Crippen molar-refractivity contribution in [1.82, 2.24) is 9.55 Å². The van der Waals surface area contributed by atoms with Gasteiger partial charge in [0.2, 0.25) is 0 Å². The lowest BCUT2D eigenvalue weighted by atomic mass is 10.3. The monoisotopic (exact) mass is 252 g/mol. The van der Waals surface area contributed by atoms with Gasteiger partial charge in [-0.2, -0.15) is 0 Å². The summed E-state index contributed by atoms with van der Waals surface area (Å²) in [5, 5.41) is 0.746. The van der Waals surface area contributed by atoms with E-state index in [1.807, 2.05) is 18.2 Å². The van der Waals surface area contributed by atoms with Crippen LogP contribution in [0.25, 0.3) is 11.0 Å². The number of nitrogens with one attached hydrogen (secondary N) is 1. The van der Waals surface area contributed by atoms with E-state index in [0.717, 1.165) is 39.2 Å². The zero-order chi connectivity index (χ0) is 11.3. The van der Waals surface area contributed by atoms with Crippen molar-refractivity contribution in [2.75, 3.05) is 0 Å². The molecule has 1 N–H and O–H groups in total. The Morgan fingerprint density at radius 2 is 2.31 bits per heavy atom. The first-order valence-electron chi connectivity index (χ1n) is 5.53.